The Labute approximate surface area is 169 Å². The molecule has 2 aromatic carbocycles. The minimum Gasteiger partial charge on any atom is -0.506 e. The zero-order valence-corrected chi connectivity index (χ0v) is 17.0. The molecule has 29 heavy (non-hydrogen) atoms. The number of ether oxygens (including phenoxy) is 1. The van der Waals surface area contributed by atoms with Crippen molar-refractivity contribution in [3.63, 3.8) is 0 Å². The Hall–Kier alpha value is -3.19. The maximum Gasteiger partial charge on any atom is 0.255 e. The second-order valence-corrected chi connectivity index (χ2v) is 7.76. The summed E-state index contributed by atoms with van der Waals surface area (Å²) in [7, 11) is 1.61. The smallest absolute Gasteiger partial charge is 0.255 e. The molecular formula is C22H25N3O4. The molecule has 0 atom stereocenters. The molecule has 3 aromatic rings. The van der Waals surface area contributed by atoms with Crippen LogP contribution in [0.1, 0.15) is 42.6 Å². The van der Waals surface area contributed by atoms with Gasteiger partial charge in [0, 0.05) is 24.7 Å². The summed E-state index contributed by atoms with van der Waals surface area (Å²) in [5, 5.41) is 20.9. The fourth-order valence-corrected chi connectivity index (χ4v) is 2.75. The Bertz CT molecular complexity index is 1010. The Morgan fingerprint density at radius 3 is 2.69 bits per heavy atom. The molecule has 3 rings (SSSR count). The largest absolute Gasteiger partial charge is 0.506 e. The van der Waals surface area contributed by atoms with Crippen LogP contribution >= 0.6 is 0 Å². The van der Waals surface area contributed by atoms with Gasteiger partial charge in [-0.15, -0.1) is 10.2 Å². The van der Waals surface area contributed by atoms with Gasteiger partial charge in [-0.05, 0) is 41.3 Å². The highest BCUT2D eigenvalue weighted by Crippen LogP contribution is 2.31. The van der Waals surface area contributed by atoms with E-state index in [9.17, 15) is 9.90 Å². The topological polar surface area (TPSA) is 97.5 Å². The fourth-order valence-electron chi connectivity index (χ4n) is 2.75. The number of nitrogens with one attached hydrogen (secondary N) is 1. The number of nitrogens with zero attached hydrogens (tertiary/aromatic N) is 2. The summed E-state index contributed by atoms with van der Waals surface area (Å²) < 4.78 is 10.6. The van der Waals surface area contributed by atoms with E-state index in [0.717, 1.165) is 5.56 Å². The van der Waals surface area contributed by atoms with Gasteiger partial charge in [0.2, 0.25) is 11.8 Å². The zero-order valence-electron chi connectivity index (χ0n) is 17.0. The van der Waals surface area contributed by atoms with Crippen molar-refractivity contribution in [1.29, 1.82) is 0 Å². The standard InChI is InChI=1S/C22H25N3O4/c1-22(2,3)16-8-9-18(26)17(13-16)23-20(27)14-6-5-7-15(12-14)21-25-24-19(29-21)10-11-28-4/h5-9,12-13,26H,10-11H2,1-4H3,(H,23,27). The molecule has 0 saturated carbocycles. The quantitative estimate of drug-likeness (QED) is 0.608. The second-order valence-electron chi connectivity index (χ2n) is 7.76. The van der Waals surface area contributed by atoms with Crippen molar-refractivity contribution in [3.8, 4) is 17.2 Å². The van der Waals surface area contributed by atoms with Gasteiger partial charge in [-0.3, -0.25) is 4.79 Å². The van der Waals surface area contributed by atoms with Crippen molar-refractivity contribution < 1.29 is 19.1 Å². The van der Waals surface area contributed by atoms with Gasteiger partial charge in [-0.25, -0.2) is 0 Å². The molecule has 152 valence electrons. The highest BCUT2D eigenvalue weighted by Gasteiger charge is 2.17. The van der Waals surface area contributed by atoms with E-state index in [1.807, 2.05) is 6.07 Å². The predicted molar refractivity (Wildman–Crippen MR) is 110 cm³/mol. The Balaban J connectivity index is 1.81. The number of methoxy groups -OCH3 is 1. The molecule has 0 aliphatic carbocycles. The summed E-state index contributed by atoms with van der Waals surface area (Å²) >= 11 is 0. The van der Waals surface area contributed by atoms with Gasteiger partial charge < -0.3 is 19.6 Å². The monoisotopic (exact) mass is 395 g/mol. The molecule has 1 amide bonds. The molecule has 0 unspecified atom stereocenters. The van der Waals surface area contributed by atoms with E-state index in [0.29, 0.717) is 41.6 Å². The third-order valence-electron chi connectivity index (χ3n) is 4.47. The molecule has 1 aromatic heterocycles. The summed E-state index contributed by atoms with van der Waals surface area (Å²) in [6.45, 7) is 6.69. The van der Waals surface area contributed by atoms with Gasteiger partial charge in [0.1, 0.15) is 5.75 Å². The van der Waals surface area contributed by atoms with Crippen LogP contribution in [0.4, 0.5) is 5.69 Å². The summed E-state index contributed by atoms with van der Waals surface area (Å²) in [6, 6.07) is 12.1. The Morgan fingerprint density at radius 1 is 1.17 bits per heavy atom. The first-order valence-corrected chi connectivity index (χ1v) is 9.34. The normalized spacial score (nSPS) is 11.4. The van der Waals surface area contributed by atoms with Crippen molar-refractivity contribution in [1.82, 2.24) is 10.2 Å². The van der Waals surface area contributed by atoms with Crippen LogP contribution in [0.15, 0.2) is 46.9 Å². The fraction of sp³-hybridized carbons (Fsp3) is 0.318. The molecule has 0 radical (unpaired) electrons. The van der Waals surface area contributed by atoms with E-state index in [1.165, 1.54) is 0 Å². The van der Waals surface area contributed by atoms with Crippen LogP contribution in [-0.4, -0.2) is 34.9 Å². The Morgan fingerprint density at radius 2 is 1.97 bits per heavy atom. The number of benzene rings is 2. The molecule has 2 N–H and O–H groups in total. The van der Waals surface area contributed by atoms with E-state index < -0.39 is 0 Å². The SMILES string of the molecule is COCCc1nnc(-c2cccc(C(=O)Nc3cc(C(C)(C)C)ccc3O)c2)o1. The number of carbonyl (C=O) groups is 1. The van der Waals surface area contributed by atoms with Crippen LogP contribution in [0.2, 0.25) is 0 Å². The highest BCUT2D eigenvalue weighted by atomic mass is 16.5. The summed E-state index contributed by atoms with van der Waals surface area (Å²) in [4.78, 5) is 12.8. The summed E-state index contributed by atoms with van der Waals surface area (Å²) in [5.41, 5.74) is 2.33. The van der Waals surface area contributed by atoms with Crippen LogP contribution in [0.25, 0.3) is 11.5 Å². The number of hydrogen-bond acceptors (Lipinski definition) is 6. The highest BCUT2D eigenvalue weighted by molar-refractivity contribution is 6.05. The van der Waals surface area contributed by atoms with E-state index in [1.54, 1.807) is 43.5 Å². The first kappa shape index (κ1) is 20.5. The average molecular weight is 395 g/mol. The molecule has 0 saturated heterocycles. The number of aromatic nitrogens is 2. The van der Waals surface area contributed by atoms with E-state index in [-0.39, 0.29) is 17.1 Å². The number of hydrogen-bond donors (Lipinski definition) is 2. The molecular weight excluding hydrogens is 370 g/mol. The third-order valence-corrected chi connectivity index (χ3v) is 4.47. The number of aromatic hydroxyl groups is 1. The molecule has 0 bridgehead atoms. The summed E-state index contributed by atoms with van der Waals surface area (Å²) in [5.74, 6) is 0.485. The average Bonchev–Trinajstić information content (AvgIpc) is 3.16. The first-order valence-electron chi connectivity index (χ1n) is 9.34. The van der Waals surface area contributed by atoms with Gasteiger partial charge in [0.05, 0.1) is 12.3 Å². The molecule has 7 heteroatoms. The number of amides is 1. The molecule has 0 aliphatic heterocycles. The van der Waals surface area contributed by atoms with Crippen molar-refractivity contribution in [2.75, 3.05) is 19.0 Å². The minimum atomic E-state index is -0.340. The van der Waals surface area contributed by atoms with Gasteiger partial charge in [-0.1, -0.05) is 32.9 Å². The van der Waals surface area contributed by atoms with Crippen molar-refractivity contribution in [2.24, 2.45) is 0 Å². The van der Waals surface area contributed by atoms with Gasteiger partial charge in [-0.2, -0.15) is 0 Å². The lowest BCUT2D eigenvalue weighted by Gasteiger charge is -2.20. The van der Waals surface area contributed by atoms with Crippen molar-refractivity contribution in [2.45, 2.75) is 32.6 Å². The molecule has 0 aliphatic rings. The maximum atomic E-state index is 12.8. The number of rotatable bonds is 6. The minimum absolute atomic E-state index is 0.0159. The molecule has 0 fully saturated rings. The zero-order chi connectivity index (χ0) is 21.0. The lowest BCUT2D eigenvalue weighted by atomic mass is 9.87. The Kier molecular flexibility index (Phi) is 5.98. The number of carbonyl (C=O) groups excluding carboxylic acids is 1. The van der Waals surface area contributed by atoms with Gasteiger partial charge in [0.25, 0.3) is 5.91 Å². The second kappa shape index (κ2) is 8.45. The van der Waals surface area contributed by atoms with Crippen LogP contribution in [0.3, 0.4) is 0 Å². The first-order chi connectivity index (χ1) is 13.8. The maximum absolute atomic E-state index is 12.8. The third kappa shape index (κ3) is 5.00. The molecule has 1 heterocycles. The molecule has 7 nitrogen and oxygen atoms in total. The van der Waals surface area contributed by atoms with Gasteiger partial charge in [0.15, 0.2) is 0 Å². The summed E-state index contributed by atoms with van der Waals surface area (Å²) in [6.07, 6.45) is 0.521. The predicted octanol–water partition coefficient (Wildman–Crippen LogP) is 4.18. The van der Waals surface area contributed by atoms with Crippen LogP contribution in [0.5, 0.6) is 5.75 Å². The van der Waals surface area contributed by atoms with Crippen LogP contribution < -0.4 is 5.32 Å². The number of phenols is 1. The van der Waals surface area contributed by atoms with Crippen molar-refractivity contribution >= 4 is 11.6 Å². The number of phenolic OH excluding ortho intramolecular Hbond substituents is 1. The van der Waals surface area contributed by atoms with E-state index in [4.69, 9.17) is 9.15 Å². The molecule has 0 spiro atoms. The van der Waals surface area contributed by atoms with Crippen LogP contribution in [0, 0.1) is 0 Å². The lowest BCUT2D eigenvalue weighted by Crippen LogP contribution is -2.15. The van der Waals surface area contributed by atoms with E-state index >= 15 is 0 Å². The van der Waals surface area contributed by atoms with Crippen molar-refractivity contribution in [3.05, 3.63) is 59.5 Å². The van der Waals surface area contributed by atoms with Gasteiger partial charge >= 0.3 is 0 Å². The van der Waals surface area contributed by atoms with E-state index in [2.05, 4.69) is 36.3 Å². The lowest BCUT2D eigenvalue weighted by molar-refractivity contribution is 0.102. The number of anilines is 1. The van der Waals surface area contributed by atoms with Crippen LogP contribution in [-0.2, 0) is 16.6 Å².